The van der Waals surface area contributed by atoms with Crippen LogP contribution < -0.4 is 11.0 Å². The lowest BCUT2D eigenvalue weighted by molar-refractivity contribution is -0.116. The van der Waals surface area contributed by atoms with Crippen LogP contribution in [0.25, 0.3) is 11.7 Å². The minimum absolute atomic E-state index is 0.0700. The van der Waals surface area contributed by atoms with Crippen LogP contribution in [0.4, 0.5) is 0 Å². The van der Waals surface area contributed by atoms with E-state index in [1.165, 1.54) is 10.5 Å². The Labute approximate surface area is 141 Å². The van der Waals surface area contributed by atoms with Crippen molar-refractivity contribution in [2.24, 2.45) is 5.10 Å². The predicted molar refractivity (Wildman–Crippen MR) is 92.2 cm³/mol. The van der Waals surface area contributed by atoms with Crippen molar-refractivity contribution >= 4 is 23.3 Å². The molecule has 1 aliphatic heterocycles. The first-order valence-electron chi connectivity index (χ1n) is 7.51. The fourth-order valence-corrected chi connectivity index (χ4v) is 2.65. The molecular weight excluding hydrogens is 320 g/mol. The summed E-state index contributed by atoms with van der Waals surface area (Å²) in [6.45, 7) is 0. The highest BCUT2D eigenvalue weighted by molar-refractivity contribution is 6.33. The number of hydrogen-bond donors (Lipinski definition) is 2. The molecule has 0 bridgehead atoms. The minimum Gasteiger partial charge on any atom is -0.493 e. The average molecular weight is 332 g/mol. The van der Waals surface area contributed by atoms with Crippen LogP contribution in [0, 0.1) is 0 Å². The van der Waals surface area contributed by atoms with E-state index in [-0.39, 0.29) is 11.1 Å². The molecule has 4 rings (SSSR count). The number of benzene rings is 1. The molecule has 2 N–H and O–H groups in total. The maximum absolute atomic E-state index is 12.6. The fraction of sp³-hybridized carbons (Fsp3) is 0. The number of hydrazone groups is 1. The molecule has 1 amide bonds. The highest BCUT2D eigenvalue weighted by Gasteiger charge is 2.25. The molecule has 0 spiro atoms. The molecule has 2 aromatic heterocycles. The average Bonchev–Trinajstić information content (AvgIpc) is 3.00. The van der Waals surface area contributed by atoms with Crippen molar-refractivity contribution in [1.82, 2.24) is 14.8 Å². The van der Waals surface area contributed by atoms with E-state index in [0.717, 1.165) is 5.56 Å². The van der Waals surface area contributed by atoms with Gasteiger partial charge in [0, 0.05) is 11.8 Å². The number of carbonyl (C=O) groups excluding carboxylic acids is 1. The summed E-state index contributed by atoms with van der Waals surface area (Å²) in [5.41, 5.74) is 3.48. The van der Waals surface area contributed by atoms with Gasteiger partial charge in [0.15, 0.2) is 0 Å². The Kier molecular flexibility index (Phi) is 3.39. The van der Waals surface area contributed by atoms with Crippen LogP contribution in [-0.2, 0) is 4.79 Å². The standard InChI is InChI=1S/C18H12N4O3/c23-16-13(18(25)22-9-5-4-8-14(22)19-16)10-12-15(20-21-17(12)24)11-6-2-1-3-7-11/h1-10,23H,(H,21,24). The molecule has 122 valence electrons. The van der Waals surface area contributed by atoms with Crippen molar-refractivity contribution in [3.05, 3.63) is 81.8 Å². The van der Waals surface area contributed by atoms with Crippen LogP contribution >= 0.6 is 0 Å². The number of aromatic hydroxyl groups is 1. The summed E-state index contributed by atoms with van der Waals surface area (Å²) in [6, 6.07) is 14.1. The van der Waals surface area contributed by atoms with E-state index < -0.39 is 17.3 Å². The van der Waals surface area contributed by atoms with Gasteiger partial charge in [-0.2, -0.15) is 10.1 Å². The van der Waals surface area contributed by atoms with Crippen LogP contribution in [0.1, 0.15) is 11.1 Å². The summed E-state index contributed by atoms with van der Waals surface area (Å²) in [4.78, 5) is 28.8. The van der Waals surface area contributed by atoms with E-state index >= 15 is 0 Å². The summed E-state index contributed by atoms with van der Waals surface area (Å²) >= 11 is 0. The van der Waals surface area contributed by atoms with Crippen molar-refractivity contribution in [1.29, 1.82) is 0 Å². The van der Waals surface area contributed by atoms with E-state index in [9.17, 15) is 14.7 Å². The smallest absolute Gasteiger partial charge is 0.273 e. The van der Waals surface area contributed by atoms with Gasteiger partial charge in [-0.25, -0.2) is 5.43 Å². The molecule has 25 heavy (non-hydrogen) atoms. The van der Waals surface area contributed by atoms with Gasteiger partial charge in [0.2, 0.25) is 5.88 Å². The van der Waals surface area contributed by atoms with Gasteiger partial charge in [0.25, 0.3) is 11.5 Å². The Balaban J connectivity index is 1.90. The summed E-state index contributed by atoms with van der Waals surface area (Å²) in [6.07, 6.45) is 2.87. The fourth-order valence-electron chi connectivity index (χ4n) is 2.65. The third kappa shape index (κ3) is 2.47. The first-order chi connectivity index (χ1) is 12.1. The Morgan fingerprint density at radius 1 is 1.04 bits per heavy atom. The van der Waals surface area contributed by atoms with E-state index in [4.69, 9.17) is 0 Å². The maximum atomic E-state index is 12.6. The van der Waals surface area contributed by atoms with Crippen LogP contribution in [-0.4, -0.2) is 26.1 Å². The van der Waals surface area contributed by atoms with E-state index in [1.807, 2.05) is 18.2 Å². The summed E-state index contributed by atoms with van der Waals surface area (Å²) in [5, 5.41) is 14.2. The van der Waals surface area contributed by atoms with Crippen LogP contribution in [0.2, 0.25) is 0 Å². The number of amides is 1. The van der Waals surface area contributed by atoms with Crippen molar-refractivity contribution in [2.45, 2.75) is 0 Å². The summed E-state index contributed by atoms with van der Waals surface area (Å²) in [5.74, 6) is -0.883. The second kappa shape index (κ2) is 5.72. The normalized spacial score (nSPS) is 15.4. The third-order valence-corrected chi connectivity index (χ3v) is 3.85. The molecule has 1 aromatic carbocycles. The number of carbonyl (C=O) groups is 1. The van der Waals surface area contributed by atoms with Gasteiger partial charge >= 0.3 is 0 Å². The van der Waals surface area contributed by atoms with E-state index in [1.54, 1.807) is 36.5 Å². The van der Waals surface area contributed by atoms with Crippen LogP contribution in [0.5, 0.6) is 5.88 Å². The number of aromatic nitrogens is 2. The summed E-state index contributed by atoms with van der Waals surface area (Å²) in [7, 11) is 0. The monoisotopic (exact) mass is 332 g/mol. The molecule has 7 nitrogen and oxygen atoms in total. The lowest BCUT2D eigenvalue weighted by Crippen LogP contribution is -2.19. The van der Waals surface area contributed by atoms with Crippen molar-refractivity contribution < 1.29 is 9.90 Å². The highest BCUT2D eigenvalue weighted by Crippen LogP contribution is 2.20. The second-order valence-corrected chi connectivity index (χ2v) is 5.41. The second-order valence-electron chi connectivity index (χ2n) is 5.41. The minimum atomic E-state index is -0.470. The number of rotatable bonds is 2. The zero-order chi connectivity index (χ0) is 17.4. The number of hydrogen-bond acceptors (Lipinski definition) is 5. The topological polar surface area (TPSA) is 96.1 Å². The number of pyridine rings is 1. The number of fused-ring (bicyclic) bond motifs is 1. The van der Waals surface area contributed by atoms with E-state index in [2.05, 4.69) is 15.5 Å². The van der Waals surface area contributed by atoms with Crippen LogP contribution in [0.3, 0.4) is 0 Å². The van der Waals surface area contributed by atoms with Gasteiger partial charge in [-0.3, -0.25) is 14.0 Å². The van der Waals surface area contributed by atoms with Gasteiger partial charge in [0.1, 0.15) is 16.9 Å². The van der Waals surface area contributed by atoms with Crippen LogP contribution in [0.15, 0.2) is 70.2 Å². The van der Waals surface area contributed by atoms with Gasteiger partial charge in [0.05, 0.1) is 5.57 Å². The molecule has 7 heteroatoms. The molecule has 1 aliphatic rings. The first-order valence-corrected chi connectivity index (χ1v) is 7.51. The highest BCUT2D eigenvalue weighted by atomic mass is 16.3. The molecule has 0 atom stereocenters. The Morgan fingerprint density at radius 3 is 2.60 bits per heavy atom. The molecule has 3 aromatic rings. The largest absolute Gasteiger partial charge is 0.493 e. The molecule has 3 heterocycles. The van der Waals surface area contributed by atoms with Gasteiger partial charge in [-0.15, -0.1) is 0 Å². The third-order valence-electron chi connectivity index (χ3n) is 3.85. The molecule has 0 saturated heterocycles. The van der Waals surface area contributed by atoms with Gasteiger partial charge in [-0.05, 0) is 18.2 Å². The molecule has 0 unspecified atom stereocenters. The van der Waals surface area contributed by atoms with Gasteiger partial charge < -0.3 is 5.11 Å². The molecule has 0 fully saturated rings. The van der Waals surface area contributed by atoms with Gasteiger partial charge in [-0.1, -0.05) is 36.4 Å². The quantitative estimate of drug-likeness (QED) is 0.692. The number of nitrogens with zero attached hydrogens (tertiary/aromatic N) is 3. The SMILES string of the molecule is O=C1NN=C(c2ccccc2)C1=Cc1c(O)nc2ccccn2c1=O. The summed E-state index contributed by atoms with van der Waals surface area (Å²) < 4.78 is 1.30. The first kappa shape index (κ1) is 14.8. The molecular formula is C18H12N4O3. The molecule has 0 radical (unpaired) electrons. The number of nitrogens with one attached hydrogen (secondary N) is 1. The molecule has 0 aliphatic carbocycles. The lowest BCUT2D eigenvalue weighted by Gasteiger charge is -2.05. The predicted octanol–water partition coefficient (Wildman–Crippen LogP) is 1.32. The Hall–Kier alpha value is -3.74. The van der Waals surface area contributed by atoms with Crippen molar-refractivity contribution in [3.63, 3.8) is 0 Å². The molecule has 0 saturated carbocycles. The van der Waals surface area contributed by atoms with Crippen molar-refractivity contribution in [2.75, 3.05) is 0 Å². The maximum Gasteiger partial charge on any atom is 0.273 e. The Morgan fingerprint density at radius 2 is 1.80 bits per heavy atom. The lowest BCUT2D eigenvalue weighted by atomic mass is 10.0. The van der Waals surface area contributed by atoms with E-state index in [0.29, 0.717) is 11.4 Å². The van der Waals surface area contributed by atoms with Crippen molar-refractivity contribution in [3.8, 4) is 5.88 Å². The zero-order valence-corrected chi connectivity index (χ0v) is 12.9. The zero-order valence-electron chi connectivity index (χ0n) is 12.9. The Bertz CT molecular complexity index is 1110.